The summed E-state index contributed by atoms with van der Waals surface area (Å²) in [5.74, 6) is 0.258. The highest BCUT2D eigenvalue weighted by Gasteiger charge is 2.27. The van der Waals surface area contributed by atoms with Crippen LogP contribution < -0.4 is 0 Å². The summed E-state index contributed by atoms with van der Waals surface area (Å²) in [4.78, 5) is 11.3. The number of aromatic nitrogens is 3. The number of hydrogen-bond donors (Lipinski definition) is 1. The predicted molar refractivity (Wildman–Crippen MR) is 76.8 cm³/mol. The zero-order valence-electron chi connectivity index (χ0n) is 12.7. The summed E-state index contributed by atoms with van der Waals surface area (Å²) in [6, 6.07) is 0.326. The van der Waals surface area contributed by atoms with Crippen LogP contribution >= 0.6 is 0 Å². The zero-order chi connectivity index (χ0) is 14.7. The standard InChI is InChI=1S/C15H25N3O2/c1-4-11-5-7-12(8-6-11)18-13(9-10(2)3)14(15(19)20)16-17-18/h10-12H,4-9H2,1-3H3,(H,19,20). The molecule has 0 amide bonds. The van der Waals surface area contributed by atoms with Gasteiger partial charge in [0.05, 0.1) is 11.7 Å². The van der Waals surface area contributed by atoms with Gasteiger partial charge in [0, 0.05) is 0 Å². The fourth-order valence-corrected chi connectivity index (χ4v) is 3.15. The SMILES string of the molecule is CCC1CCC(n2nnc(C(=O)O)c2CC(C)C)CC1. The van der Waals surface area contributed by atoms with Gasteiger partial charge in [0.15, 0.2) is 5.69 Å². The maximum atomic E-state index is 11.3. The molecular weight excluding hydrogens is 254 g/mol. The monoisotopic (exact) mass is 279 g/mol. The van der Waals surface area contributed by atoms with Gasteiger partial charge in [-0.2, -0.15) is 0 Å². The van der Waals surface area contributed by atoms with E-state index in [1.165, 1.54) is 19.3 Å². The number of hydrogen-bond acceptors (Lipinski definition) is 3. The molecule has 1 saturated carbocycles. The Morgan fingerprint density at radius 1 is 1.35 bits per heavy atom. The van der Waals surface area contributed by atoms with E-state index >= 15 is 0 Å². The van der Waals surface area contributed by atoms with Crippen molar-refractivity contribution in [2.24, 2.45) is 11.8 Å². The number of carboxylic acid groups (broad SMARTS) is 1. The lowest BCUT2D eigenvalue weighted by Gasteiger charge is -2.28. The van der Waals surface area contributed by atoms with Gasteiger partial charge in [-0.1, -0.05) is 32.4 Å². The van der Waals surface area contributed by atoms with Crippen LogP contribution in [0.2, 0.25) is 0 Å². The third-order valence-electron chi connectivity index (χ3n) is 4.33. The molecule has 0 saturated heterocycles. The third-order valence-corrected chi connectivity index (χ3v) is 4.33. The van der Waals surface area contributed by atoms with Crippen LogP contribution in [0.25, 0.3) is 0 Å². The van der Waals surface area contributed by atoms with Crippen molar-refractivity contribution in [3.63, 3.8) is 0 Å². The summed E-state index contributed by atoms with van der Waals surface area (Å²) < 4.78 is 1.90. The van der Waals surface area contributed by atoms with Crippen LogP contribution in [-0.2, 0) is 6.42 Å². The zero-order valence-corrected chi connectivity index (χ0v) is 12.7. The van der Waals surface area contributed by atoms with Gasteiger partial charge in [-0.15, -0.1) is 5.10 Å². The molecule has 5 heteroatoms. The number of carboxylic acids is 1. The van der Waals surface area contributed by atoms with Crippen LogP contribution in [0.4, 0.5) is 0 Å². The Labute approximate surface area is 120 Å². The molecule has 0 aliphatic heterocycles. The number of carbonyl (C=O) groups is 1. The first kappa shape index (κ1) is 15.0. The minimum atomic E-state index is -0.964. The van der Waals surface area contributed by atoms with E-state index in [2.05, 4.69) is 31.1 Å². The Morgan fingerprint density at radius 3 is 2.50 bits per heavy atom. The molecule has 2 rings (SSSR count). The van der Waals surface area contributed by atoms with Gasteiger partial charge in [-0.05, 0) is 43.9 Å². The smallest absolute Gasteiger partial charge is 0.358 e. The molecule has 1 aromatic heterocycles. The van der Waals surface area contributed by atoms with E-state index in [1.54, 1.807) is 0 Å². The van der Waals surface area contributed by atoms with Crippen LogP contribution in [0.15, 0.2) is 0 Å². The molecule has 0 atom stereocenters. The van der Waals surface area contributed by atoms with E-state index < -0.39 is 5.97 Å². The maximum Gasteiger partial charge on any atom is 0.358 e. The lowest BCUT2D eigenvalue weighted by atomic mass is 9.84. The molecule has 0 radical (unpaired) electrons. The lowest BCUT2D eigenvalue weighted by molar-refractivity contribution is 0.0689. The van der Waals surface area contributed by atoms with E-state index in [4.69, 9.17) is 0 Å². The molecule has 0 bridgehead atoms. The highest BCUT2D eigenvalue weighted by atomic mass is 16.4. The van der Waals surface area contributed by atoms with Crippen LogP contribution in [0.5, 0.6) is 0 Å². The van der Waals surface area contributed by atoms with Crippen molar-refractivity contribution in [1.29, 1.82) is 0 Å². The average molecular weight is 279 g/mol. The van der Waals surface area contributed by atoms with Gasteiger partial charge in [0.1, 0.15) is 0 Å². The Hall–Kier alpha value is -1.39. The fraction of sp³-hybridized carbons (Fsp3) is 0.800. The molecule has 1 aromatic rings. The number of nitrogens with zero attached hydrogens (tertiary/aromatic N) is 3. The van der Waals surface area contributed by atoms with Crippen LogP contribution in [0, 0.1) is 11.8 Å². The third kappa shape index (κ3) is 3.19. The highest BCUT2D eigenvalue weighted by molar-refractivity contribution is 5.86. The lowest BCUT2D eigenvalue weighted by Crippen LogP contribution is -2.21. The van der Waals surface area contributed by atoms with Gasteiger partial charge >= 0.3 is 5.97 Å². The van der Waals surface area contributed by atoms with Gasteiger partial charge in [0.25, 0.3) is 0 Å². The molecule has 20 heavy (non-hydrogen) atoms. The van der Waals surface area contributed by atoms with E-state index in [1.807, 2.05) is 4.68 Å². The topological polar surface area (TPSA) is 68.0 Å². The van der Waals surface area contributed by atoms with E-state index in [0.717, 1.165) is 30.9 Å². The summed E-state index contributed by atoms with van der Waals surface area (Å²) in [5, 5.41) is 17.3. The maximum absolute atomic E-state index is 11.3. The molecule has 112 valence electrons. The minimum absolute atomic E-state index is 0.135. The van der Waals surface area contributed by atoms with Gasteiger partial charge in [-0.25, -0.2) is 9.48 Å². The first-order valence-corrected chi connectivity index (χ1v) is 7.70. The van der Waals surface area contributed by atoms with Crippen molar-refractivity contribution >= 4 is 5.97 Å². The van der Waals surface area contributed by atoms with E-state index in [0.29, 0.717) is 12.0 Å². The first-order chi connectivity index (χ1) is 9.52. The molecule has 1 aliphatic rings. The van der Waals surface area contributed by atoms with Crippen molar-refractivity contribution in [1.82, 2.24) is 15.0 Å². The quantitative estimate of drug-likeness (QED) is 0.897. The summed E-state index contributed by atoms with van der Waals surface area (Å²) >= 11 is 0. The van der Waals surface area contributed by atoms with Crippen molar-refractivity contribution in [2.45, 2.75) is 65.3 Å². The molecule has 1 aliphatic carbocycles. The molecule has 0 spiro atoms. The predicted octanol–water partition coefficient (Wildman–Crippen LogP) is 3.32. The summed E-state index contributed by atoms with van der Waals surface area (Å²) in [5.41, 5.74) is 0.934. The largest absolute Gasteiger partial charge is 0.476 e. The van der Waals surface area contributed by atoms with Crippen LogP contribution in [0.3, 0.4) is 0 Å². The number of aromatic carboxylic acids is 1. The Kier molecular flexibility index (Phi) is 4.78. The summed E-state index contributed by atoms with van der Waals surface area (Å²) in [6.07, 6.45) is 6.57. The second kappa shape index (κ2) is 6.37. The molecule has 1 fully saturated rings. The molecule has 5 nitrogen and oxygen atoms in total. The molecule has 0 unspecified atom stereocenters. The average Bonchev–Trinajstić information content (AvgIpc) is 2.82. The summed E-state index contributed by atoms with van der Waals surface area (Å²) in [7, 11) is 0. The normalized spacial score (nSPS) is 23.2. The number of rotatable bonds is 5. The first-order valence-electron chi connectivity index (χ1n) is 7.70. The Balaban J connectivity index is 2.21. The Morgan fingerprint density at radius 2 is 2.00 bits per heavy atom. The molecule has 1 heterocycles. The van der Waals surface area contributed by atoms with Crippen molar-refractivity contribution in [3.8, 4) is 0 Å². The van der Waals surface area contributed by atoms with E-state index in [-0.39, 0.29) is 5.69 Å². The van der Waals surface area contributed by atoms with E-state index in [9.17, 15) is 9.90 Å². The second-order valence-electron chi connectivity index (χ2n) is 6.32. The second-order valence-corrected chi connectivity index (χ2v) is 6.32. The van der Waals surface area contributed by atoms with Crippen LogP contribution in [-0.4, -0.2) is 26.1 Å². The summed E-state index contributed by atoms with van der Waals surface area (Å²) in [6.45, 7) is 6.43. The highest BCUT2D eigenvalue weighted by Crippen LogP contribution is 2.34. The molecule has 0 aromatic carbocycles. The minimum Gasteiger partial charge on any atom is -0.476 e. The molecule has 1 N–H and O–H groups in total. The van der Waals surface area contributed by atoms with Crippen molar-refractivity contribution in [2.75, 3.05) is 0 Å². The van der Waals surface area contributed by atoms with Gasteiger partial charge in [-0.3, -0.25) is 0 Å². The fourth-order valence-electron chi connectivity index (χ4n) is 3.15. The molecular formula is C15H25N3O2. The van der Waals surface area contributed by atoms with Crippen molar-refractivity contribution < 1.29 is 9.90 Å². The van der Waals surface area contributed by atoms with Crippen molar-refractivity contribution in [3.05, 3.63) is 11.4 Å². The van der Waals surface area contributed by atoms with Gasteiger partial charge < -0.3 is 5.11 Å². The van der Waals surface area contributed by atoms with Gasteiger partial charge in [0.2, 0.25) is 0 Å². The Bertz CT molecular complexity index is 460. The van der Waals surface area contributed by atoms with Crippen LogP contribution in [0.1, 0.15) is 75.1 Å².